The van der Waals surface area contributed by atoms with Crippen LogP contribution in [0.4, 0.5) is 5.69 Å². The molecule has 1 aliphatic heterocycles. The monoisotopic (exact) mass is 571 g/mol. The van der Waals surface area contributed by atoms with Crippen LogP contribution in [-0.2, 0) is 16.6 Å². The van der Waals surface area contributed by atoms with Gasteiger partial charge in [0.15, 0.2) is 0 Å². The molecule has 43 heavy (non-hydrogen) atoms. The van der Waals surface area contributed by atoms with Gasteiger partial charge in [0, 0.05) is 35.5 Å². The fourth-order valence-corrected chi connectivity index (χ4v) is 10.3. The van der Waals surface area contributed by atoms with Gasteiger partial charge in [-0.05, 0) is 112 Å². The van der Waals surface area contributed by atoms with Crippen molar-refractivity contribution in [2.75, 3.05) is 31.2 Å². The molecule has 1 heterocycles. The summed E-state index contributed by atoms with van der Waals surface area (Å²) in [5, 5.41) is 14.2. The number of nitrogens with zero attached hydrogens (tertiary/aromatic N) is 1. The average molecular weight is 572 g/mol. The van der Waals surface area contributed by atoms with Crippen molar-refractivity contribution in [1.29, 1.82) is 0 Å². The molecule has 4 aromatic rings. The highest BCUT2D eigenvalue weighted by Gasteiger charge is 2.53. The van der Waals surface area contributed by atoms with Crippen molar-refractivity contribution in [3.63, 3.8) is 0 Å². The van der Waals surface area contributed by atoms with Crippen LogP contribution in [0.25, 0.3) is 21.9 Å². The Morgan fingerprint density at radius 3 is 2.28 bits per heavy atom. The maximum absolute atomic E-state index is 12.0. The Morgan fingerprint density at radius 2 is 1.49 bits per heavy atom. The SMILES string of the molecule is CC1(C)CC(C)(C)CC2(C1)c1ccccc1-c1c2cc(O)c2cc(C3CCCc4ccccc43)c(N3CCOCC3)cc12. The first-order valence-corrected chi connectivity index (χ1v) is 16.5. The van der Waals surface area contributed by atoms with Crippen LogP contribution < -0.4 is 4.90 Å². The largest absolute Gasteiger partial charge is 0.507 e. The summed E-state index contributed by atoms with van der Waals surface area (Å²) in [4.78, 5) is 2.55. The molecule has 8 rings (SSSR count). The first kappa shape index (κ1) is 27.3. The van der Waals surface area contributed by atoms with Crippen LogP contribution in [0.15, 0.2) is 66.7 Å². The molecule has 3 nitrogen and oxygen atoms in total. The lowest BCUT2D eigenvalue weighted by Gasteiger charge is -2.51. The molecule has 222 valence electrons. The van der Waals surface area contributed by atoms with E-state index in [0.29, 0.717) is 11.7 Å². The molecule has 1 N–H and O–H groups in total. The second-order valence-electron chi connectivity index (χ2n) is 15.5. The zero-order valence-corrected chi connectivity index (χ0v) is 26.3. The Kier molecular flexibility index (Phi) is 6.09. The van der Waals surface area contributed by atoms with Gasteiger partial charge < -0.3 is 14.7 Å². The molecule has 4 aliphatic rings. The summed E-state index contributed by atoms with van der Waals surface area (Å²) in [6, 6.07) is 25.2. The van der Waals surface area contributed by atoms with E-state index in [1.807, 2.05) is 0 Å². The van der Waals surface area contributed by atoms with Crippen LogP contribution in [0.1, 0.15) is 93.5 Å². The number of aryl methyl sites for hydroxylation is 1. The van der Waals surface area contributed by atoms with Gasteiger partial charge in [-0.2, -0.15) is 0 Å². The van der Waals surface area contributed by atoms with Crippen molar-refractivity contribution < 1.29 is 9.84 Å². The molecular formula is C40H45NO2. The minimum absolute atomic E-state index is 0.0943. The third-order valence-corrected chi connectivity index (χ3v) is 11.1. The predicted molar refractivity (Wildman–Crippen MR) is 177 cm³/mol. The Hall–Kier alpha value is -3.30. The average Bonchev–Trinajstić information content (AvgIpc) is 3.23. The van der Waals surface area contributed by atoms with E-state index in [0.717, 1.165) is 57.4 Å². The lowest BCUT2D eigenvalue weighted by molar-refractivity contribution is 0.0645. The predicted octanol–water partition coefficient (Wildman–Crippen LogP) is 9.35. The highest BCUT2D eigenvalue weighted by molar-refractivity contribution is 6.07. The zero-order valence-electron chi connectivity index (χ0n) is 26.3. The van der Waals surface area contributed by atoms with Gasteiger partial charge in [-0.15, -0.1) is 0 Å². The van der Waals surface area contributed by atoms with Crippen LogP contribution in [0, 0.1) is 10.8 Å². The van der Waals surface area contributed by atoms with Gasteiger partial charge in [-0.25, -0.2) is 0 Å². The Balaban J connectivity index is 1.41. The number of fused-ring (bicyclic) bond motifs is 8. The van der Waals surface area contributed by atoms with Crippen LogP contribution in [-0.4, -0.2) is 31.4 Å². The van der Waals surface area contributed by atoms with Crippen molar-refractivity contribution in [1.82, 2.24) is 0 Å². The van der Waals surface area contributed by atoms with Gasteiger partial charge in [0.2, 0.25) is 0 Å². The first-order valence-electron chi connectivity index (χ1n) is 16.5. The number of aromatic hydroxyl groups is 1. The molecule has 0 amide bonds. The van der Waals surface area contributed by atoms with Gasteiger partial charge in [0.05, 0.1) is 13.2 Å². The van der Waals surface area contributed by atoms with Gasteiger partial charge in [0.1, 0.15) is 5.75 Å². The number of morpholine rings is 1. The molecule has 1 unspecified atom stereocenters. The lowest BCUT2D eigenvalue weighted by atomic mass is 9.52. The van der Waals surface area contributed by atoms with E-state index in [2.05, 4.69) is 99.3 Å². The summed E-state index contributed by atoms with van der Waals surface area (Å²) in [7, 11) is 0. The fourth-order valence-electron chi connectivity index (χ4n) is 10.3. The highest BCUT2D eigenvalue weighted by atomic mass is 16.5. The number of phenolic OH excluding ortho intramolecular Hbond substituents is 1. The second-order valence-corrected chi connectivity index (χ2v) is 15.5. The number of phenols is 1. The minimum Gasteiger partial charge on any atom is -0.507 e. The number of anilines is 1. The number of rotatable bonds is 2. The minimum atomic E-state index is -0.0943. The number of ether oxygens (including phenoxy) is 1. The molecule has 3 aliphatic carbocycles. The molecule has 0 aromatic heterocycles. The van der Waals surface area contributed by atoms with E-state index in [-0.39, 0.29) is 16.2 Å². The van der Waals surface area contributed by atoms with E-state index in [1.165, 1.54) is 62.9 Å². The van der Waals surface area contributed by atoms with Crippen LogP contribution >= 0.6 is 0 Å². The van der Waals surface area contributed by atoms with Crippen LogP contribution in [0.5, 0.6) is 5.75 Å². The molecule has 0 bridgehead atoms. The Morgan fingerprint density at radius 1 is 0.767 bits per heavy atom. The Bertz CT molecular complexity index is 1730. The molecular weight excluding hydrogens is 526 g/mol. The maximum Gasteiger partial charge on any atom is 0.123 e. The quantitative estimate of drug-likeness (QED) is 0.260. The molecule has 0 radical (unpaired) electrons. The molecule has 3 heteroatoms. The van der Waals surface area contributed by atoms with Crippen molar-refractivity contribution in [3.8, 4) is 16.9 Å². The highest BCUT2D eigenvalue weighted by Crippen LogP contribution is 2.65. The van der Waals surface area contributed by atoms with Gasteiger partial charge in [-0.1, -0.05) is 76.2 Å². The van der Waals surface area contributed by atoms with Crippen molar-refractivity contribution in [3.05, 3.63) is 94.5 Å². The zero-order chi connectivity index (χ0) is 29.6. The maximum atomic E-state index is 12.0. The van der Waals surface area contributed by atoms with Gasteiger partial charge in [-0.3, -0.25) is 0 Å². The standard InChI is InChI=1S/C40H45NO2/c1-38(2)23-39(3,4)25-40(24-38)33-15-8-7-13-29(33)37-32-21-35(41-16-18-43-19-17-41)30(20-31(32)36(42)22-34(37)40)28-14-9-11-26-10-5-6-12-27(26)28/h5-8,10,12-13,15,20-22,28,42H,9,11,14,16-19,23-25H2,1-4H3. The third kappa shape index (κ3) is 4.25. The molecule has 2 fully saturated rings. The van der Waals surface area contributed by atoms with E-state index in [9.17, 15) is 5.11 Å². The van der Waals surface area contributed by atoms with Crippen molar-refractivity contribution in [2.45, 2.75) is 77.6 Å². The molecule has 1 spiro atoms. The van der Waals surface area contributed by atoms with Crippen molar-refractivity contribution >= 4 is 16.5 Å². The van der Waals surface area contributed by atoms with E-state index >= 15 is 0 Å². The van der Waals surface area contributed by atoms with Crippen molar-refractivity contribution in [2.24, 2.45) is 10.8 Å². The summed E-state index contributed by atoms with van der Waals surface area (Å²) in [5.74, 6) is 0.763. The van der Waals surface area contributed by atoms with Crippen LogP contribution in [0.2, 0.25) is 0 Å². The van der Waals surface area contributed by atoms with Gasteiger partial charge >= 0.3 is 0 Å². The summed E-state index contributed by atoms with van der Waals surface area (Å²) in [6.07, 6.45) is 6.91. The Labute approximate surface area is 256 Å². The van der Waals surface area contributed by atoms with Crippen LogP contribution in [0.3, 0.4) is 0 Å². The second kappa shape index (κ2) is 9.60. The van der Waals surface area contributed by atoms with E-state index in [4.69, 9.17) is 4.74 Å². The summed E-state index contributed by atoms with van der Waals surface area (Å²) in [6.45, 7) is 13.1. The molecule has 1 saturated heterocycles. The topological polar surface area (TPSA) is 32.7 Å². The summed E-state index contributed by atoms with van der Waals surface area (Å²) >= 11 is 0. The summed E-state index contributed by atoms with van der Waals surface area (Å²) in [5.41, 5.74) is 11.4. The number of hydrogen-bond acceptors (Lipinski definition) is 3. The molecule has 1 saturated carbocycles. The lowest BCUT2D eigenvalue weighted by Crippen LogP contribution is -2.43. The fraction of sp³-hybridized carbons (Fsp3) is 0.450. The first-order chi connectivity index (χ1) is 20.7. The normalized spacial score (nSPS) is 23.2. The third-order valence-electron chi connectivity index (χ3n) is 11.1. The molecule has 1 atom stereocenters. The van der Waals surface area contributed by atoms with Gasteiger partial charge in [0.25, 0.3) is 0 Å². The number of hydrogen-bond donors (Lipinski definition) is 1. The van der Waals surface area contributed by atoms with E-state index in [1.54, 1.807) is 0 Å². The smallest absolute Gasteiger partial charge is 0.123 e. The molecule has 4 aromatic carbocycles. The number of benzene rings is 4. The van der Waals surface area contributed by atoms with E-state index < -0.39 is 0 Å². The summed E-state index contributed by atoms with van der Waals surface area (Å²) < 4.78 is 5.82.